The lowest BCUT2D eigenvalue weighted by molar-refractivity contribution is -0.110. The molecule has 0 aliphatic heterocycles. The average molecular weight is 395 g/mol. The van der Waals surface area contributed by atoms with Crippen LogP contribution in [-0.4, -0.2) is 12.6 Å². The van der Waals surface area contributed by atoms with E-state index in [4.69, 9.17) is 0 Å². The molecule has 0 aliphatic carbocycles. The van der Waals surface area contributed by atoms with Crippen molar-refractivity contribution in [3.8, 4) is 0 Å². The molecule has 2 aromatic carbocycles. The number of rotatable bonds is 6. The van der Waals surface area contributed by atoms with Gasteiger partial charge >= 0.3 is 0 Å². The Kier molecular flexibility index (Phi) is 9.49. The maximum atomic E-state index is 10.5. The lowest BCUT2D eigenvalue weighted by atomic mass is 9.86. The number of aldehydes is 2. The van der Waals surface area contributed by atoms with Gasteiger partial charge in [0.05, 0.1) is 0 Å². The summed E-state index contributed by atoms with van der Waals surface area (Å²) in [5, 5.41) is 0. The Morgan fingerprint density at radius 2 is 1.14 bits per heavy atom. The summed E-state index contributed by atoms with van der Waals surface area (Å²) in [5.74, 6) is 0.116. The first kappa shape index (κ1) is 24.8. The van der Waals surface area contributed by atoms with Crippen LogP contribution in [0.15, 0.2) is 48.5 Å². The van der Waals surface area contributed by atoms with Gasteiger partial charge in [-0.1, -0.05) is 97.0 Å². The molecular formula is C27H38O2. The number of hydrogen-bond acceptors (Lipinski definition) is 2. The van der Waals surface area contributed by atoms with E-state index in [2.05, 4.69) is 90.1 Å². The molecule has 0 heterocycles. The van der Waals surface area contributed by atoms with Gasteiger partial charge < -0.3 is 9.59 Å². The van der Waals surface area contributed by atoms with Crippen LogP contribution >= 0.6 is 0 Å². The molecule has 0 aromatic heterocycles. The zero-order valence-electron chi connectivity index (χ0n) is 19.3. The van der Waals surface area contributed by atoms with Crippen LogP contribution in [0.25, 0.3) is 0 Å². The molecule has 1 atom stereocenters. The average Bonchev–Trinajstić information content (AvgIpc) is 2.66. The first-order valence-electron chi connectivity index (χ1n) is 10.5. The fourth-order valence-corrected chi connectivity index (χ4v) is 2.96. The zero-order chi connectivity index (χ0) is 22.1. The highest BCUT2D eigenvalue weighted by Crippen LogP contribution is 2.23. The first-order valence-corrected chi connectivity index (χ1v) is 10.5. The topological polar surface area (TPSA) is 34.1 Å². The summed E-state index contributed by atoms with van der Waals surface area (Å²) < 4.78 is 0. The van der Waals surface area contributed by atoms with Crippen LogP contribution in [0.1, 0.15) is 77.1 Å². The largest absolute Gasteiger partial charge is 0.303 e. The van der Waals surface area contributed by atoms with Crippen LogP contribution in [0.4, 0.5) is 0 Å². The van der Waals surface area contributed by atoms with Crippen molar-refractivity contribution in [2.24, 2.45) is 5.92 Å². The van der Waals surface area contributed by atoms with Crippen molar-refractivity contribution in [1.82, 2.24) is 0 Å². The molecule has 2 rings (SSSR count). The Hall–Kier alpha value is -2.22. The lowest BCUT2D eigenvalue weighted by Crippen LogP contribution is -2.11. The normalized spacial score (nSPS) is 12.5. The first-order chi connectivity index (χ1) is 13.5. The van der Waals surface area contributed by atoms with E-state index in [1.165, 1.54) is 22.3 Å². The van der Waals surface area contributed by atoms with Crippen LogP contribution < -0.4 is 0 Å². The van der Waals surface area contributed by atoms with Crippen LogP contribution in [0.3, 0.4) is 0 Å². The van der Waals surface area contributed by atoms with Gasteiger partial charge in [0.25, 0.3) is 0 Å². The summed E-state index contributed by atoms with van der Waals surface area (Å²) in [4.78, 5) is 20.7. The van der Waals surface area contributed by atoms with Crippen molar-refractivity contribution in [3.05, 3.63) is 70.8 Å². The second-order valence-electron chi connectivity index (χ2n) is 9.92. The van der Waals surface area contributed by atoms with E-state index in [1.54, 1.807) is 0 Å². The van der Waals surface area contributed by atoms with Crippen LogP contribution in [0.5, 0.6) is 0 Å². The van der Waals surface area contributed by atoms with Crippen LogP contribution in [-0.2, 0) is 33.3 Å². The maximum absolute atomic E-state index is 10.5. The van der Waals surface area contributed by atoms with Crippen molar-refractivity contribution in [1.29, 1.82) is 0 Å². The third-order valence-electron chi connectivity index (χ3n) is 4.98. The summed E-state index contributed by atoms with van der Waals surface area (Å²) in [7, 11) is 0. The molecule has 0 fully saturated rings. The fraction of sp³-hybridized carbons (Fsp3) is 0.481. The van der Waals surface area contributed by atoms with Crippen molar-refractivity contribution in [2.75, 3.05) is 0 Å². The number of aryl methyl sites for hydroxylation is 1. The second-order valence-corrected chi connectivity index (χ2v) is 9.92. The molecule has 29 heavy (non-hydrogen) atoms. The molecule has 158 valence electrons. The van der Waals surface area contributed by atoms with Gasteiger partial charge in [0, 0.05) is 12.3 Å². The number of benzene rings is 2. The van der Waals surface area contributed by atoms with E-state index in [1.807, 2.05) is 6.92 Å². The standard InChI is InChI=1S/C14H20O.C13H18O/c1-11(10-15)9-12-5-7-13(8-6-12)14(2,3)4;1-13(2,3)12-8-6-11(7-9-12)5-4-10-14/h5-8,10-11H,9H2,1-4H3;6-10H,4-5H2,1-3H3. The summed E-state index contributed by atoms with van der Waals surface area (Å²) in [6.45, 7) is 15.2. The maximum Gasteiger partial charge on any atom is 0.123 e. The number of hydrogen-bond donors (Lipinski definition) is 0. The Morgan fingerprint density at radius 3 is 1.48 bits per heavy atom. The SMILES string of the molecule is CC(C)(C)c1ccc(CCC=O)cc1.CC(C=O)Cc1ccc(C(C)(C)C)cc1. The number of carbonyl (C=O) groups excluding carboxylic acids is 2. The molecule has 0 saturated heterocycles. The van der Waals surface area contributed by atoms with Gasteiger partial charge in [-0.15, -0.1) is 0 Å². The van der Waals surface area contributed by atoms with E-state index in [-0.39, 0.29) is 16.7 Å². The molecule has 0 radical (unpaired) electrons. The van der Waals surface area contributed by atoms with Crippen molar-refractivity contribution < 1.29 is 9.59 Å². The summed E-state index contributed by atoms with van der Waals surface area (Å²) in [6, 6.07) is 17.1. The van der Waals surface area contributed by atoms with E-state index >= 15 is 0 Å². The van der Waals surface area contributed by atoms with Gasteiger partial charge in [0.2, 0.25) is 0 Å². The molecule has 2 nitrogen and oxygen atoms in total. The van der Waals surface area contributed by atoms with Crippen molar-refractivity contribution in [2.45, 2.75) is 78.6 Å². The molecule has 0 aliphatic rings. The Morgan fingerprint density at radius 1 is 0.724 bits per heavy atom. The highest BCUT2D eigenvalue weighted by atomic mass is 16.1. The zero-order valence-corrected chi connectivity index (χ0v) is 19.3. The van der Waals surface area contributed by atoms with Crippen LogP contribution in [0, 0.1) is 5.92 Å². The molecule has 0 N–H and O–H groups in total. The monoisotopic (exact) mass is 394 g/mol. The van der Waals surface area contributed by atoms with Crippen molar-refractivity contribution in [3.63, 3.8) is 0 Å². The second kappa shape index (κ2) is 11.1. The smallest absolute Gasteiger partial charge is 0.123 e. The number of carbonyl (C=O) groups is 2. The van der Waals surface area contributed by atoms with Gasteiger partial charge in [-0.2, -0.15) is 0 Å². The quantitative estimate of drug-likeness (QED) is 0.526. The van der Waals surface area contributed by atoms with E-state index in [9.17, 15) is 9.59 Å². The minimum absolute atomic E-state index is 0.116. The third kappa shape index (κ3) is 9.21. The van der Waals surface area contributed by atoms with Gasteiger partial charge in [-0.3, -0.25) is 0 Å². The van der Waals surface area contributed by atoms with E-state index in [0.29, 0.717) is 6.42 Å². The van der Waals surface area contributed by atoms with Gasteiger partial charge in [-0.05, 0) is 45.9 Å². The van der Waals surface area contributed by atoms with Crippen molar-refractivity contribution >= 4 is 12.6 Å². The molecule has 0 spiro atoms. The van der Waals surface area contributed by atoms with Gasteiger partial charge in [0.1, 0.15) is 12.6 Å². The molecule has 2 heteroatoms. The lowest BCUT2D eigenvalue weighted by Gasteiger charge is -2.19. The van der Waals surface area contributed by atoms with Gasteiger partial charge in [-0.25, -0.2) is 0 Å². The van der Waals surface area contributed by atoms with Gasteiger partial charge in [0.15, 0.2) is 0 Å². The van der Waals surface area contributed by atoms with E-state index < -0.39 is 0 Å². The third-order valence-corrected chi connectivity index (χ3v) is 4.98. The predicted octanol–water partition coefficient (Wildman–Crippen LogP) is 6.48. The summed E-state index contributed by atoms with van der Waals surface area (Å²) in [6.07, 6.45) is 4.30. The molecule has 0 amide bonds. The molecule has 0 bridgehead atoms. The summed E-state index contributed by atoms with van der Waals surface area (Å²) in [5.41, 5.74) is 5.57. The molecule has 1 unspecified atom stereocenters. The van der Waals surface area contributed by atoms with Crippen LogP contribution in [0.2, 0.25) is 0 Å². The molecular weight excluding hydrogens is 356 g/mol. The predicted molar refractivity (Wildman–Crippen MR) is 124 cm³/mol. The minimum atomic E-state index is 0.116. The fourth-order valence-electron chi connectivity index (χ4n) is 2.96. The van der Waals surface area contributed by atoms with E-state index in [0.717, 1.165) is 25.4 Å². The highest BCUT2D eigenvalue weighted by molar-refractivity contribution is 5.53. The Balaban J connectivity index is 0.000000291. The Bertz CT molecular complexity index is 741. The highest BCUT2D eigenvalue weighted by Gasteiger charge is 2.13. The molecule has 2 aromatic rings. The molecule has 0 saturated carbocycles. The Labute approximate surface area is 177 Å². The minimum Gasteiger partial charge on any atom is -0.303 e. The summed E-state index contributed by atoms with van der Waals surface area (Å²) >= 11 is 0.